The summed E-state index contributed by atoms with van der Waals surface area (Å²) in [7, 11) is 0. The van der Waals surface area contributed by atoms with Crippen LogP contribution in [0.1, 0.15) is 34.1 Å². The number of hydrogen-bond acceptors (Lipinski definition) is 1. The Hall–Kier alpha value is -0.720. The molecule has 12 heavy (non-hydrogen) atoms. The summed E-state index contributed by atoms with van der Waals surface area (Å²) >= 11 is 0. The van der Waals surface area contributed by atoms with E-state index in [1.54, 1.807) is 0 Å². The molecule has 0 amide bonds. The minimum absolute atomic E-state index is 1.09. The Bertz CT molecular complexity index is 168. The molecule has 0 unspecified atom stereocenters. The van der Waals surface area contributed by atoms with Crippen molar-refractivity contribution in [1.82, 2.24) is 4.90 Å². The molecular weight excluding hydrogens is 146 g/mol. The average Bonchev–Trinajstić information content (AvgIpc) is 1.98. The zero-order valence-electron chi connectivity index (χ0n) is 8.85. The van der Waals surface area contributed by atoms with Crippen LogP contribution in [0.2, 0.25) is 0 Å². The van der Waals surface area contributed by atoms with E-state index >= 15 is 0 Å². The molecule has 0 N–H and O–H groups in total. The topological polar surface area (TPSA) is 3.24 Å². The second-order valence-corrected chi connectivity index (χ2v) is 3.21. The van der Waals surface area contributed by atoms with Crippen LogP contribution in [0.5, 0.6) is 0 Å². The molecule has 0 bridgehead atoms. The molecule has 0 aromatic carbocycles. The van der Waals surface area contributed by atoms with Gasteiger partial charge in [-0.15, -0.1) is 0 Å². The van der Waals surface area contributed by atoms with Gasteiger partial charge in [-0.3, -0.25) is 0 Å². The van der Waals surface area contributed by atoms with Crippen LogP contribution >= 0.6 is 0 Å². The van der Waals surface area contributed by atoms with E-state index in [2.05, 4.69) is 38.3 Å². The number of allylic oxidation sites excluding steroid dienone is 3. The highest BCUT2D eigenvalue weighted by molar-refractivity contribution is 5.16. The van der Waals surface area contributed by atoms with Gasteiger partial charge in [0, 0.05) is 18.8 Å². The fourth-order valence-corrected chi connectivity index (χ4v) is 1.30. The predicted octanol–water partition coefficient (Wildman–Crippen LogP) is 3.20. The standard InChI is InChI=1S/C11H21N/c1-6-8-12(7-2)11(5)9-10(3)4/h9H,3,6-8H2,1-2,4-5H3/b11-9+. The molecule has 0 aromatic rings. The molecule has 0 aromatic heterocycles. The zero-order valence-corrected chi connectivity index (χ0v) is 8.85. The molecule has 70 valence electrons. The van der Waals surface area contributed by atoms with Gasteiger partial charge in [0.25, 0.3) is 0 Å². The first-order valence-corrected chi connectivity index (χ1v) is 4.70. The van der Waals surface area contributed by atoms with Gasteiger partial charge in [0.2, 0.25) is 0 Å². The number of hydrogen-bond donors (Lipinski definition) is 0. The van der Waals surface area contributed by atoms with Crippen LogP contribution in [-0.4, -0.2) is 18.0 Å². The van der Waals surface area contributed by atoms with Gasteiger partial charge < -0.3 is 4.90 Å². The average molecular weight is 167 g/mol. The first-order chi connectivity index (χ1) is 5.61. The van der Waals surface area contributed by atoms with Crippen molar-refractivity contribution in [1.29, 1.82) is 0 Å². The van der Waals surface area contributed by atoms with Crippen molar-refractivity contribution < 1.29 is 0 Å². The maximum atomic E-state index is 3.87. The van der Waals surface area contributed by atoms with Crippen molar-refractivity contribution in [2.45, 2.75) is 34.1 Å². The van der Waals surface area contributed by atoms with E-state index in [9.17, 15) is 0 Å². The molecule has 0 saturated carbocycles. The molecule has 0 rings (SSSR count). The van der Waals surface area contributed by atoms with E-state index in [-0.39, 0.29) is 0 Å². The summed E-state index contributed by atoms with van der Waals surface area (Å²) in [5.41, 5.74) is 2.45. The van der Waals surface area contributed by atoms with Gasteiger partial charge in [0.05, 0.1) is 0 Å². The SMILES string of the molecule is C=C(C)/C=C(\C)N(CC)CCC. The van der Waals surface area contributed by atoms with Crippen molar-refractivity contribution in [2.24, 2.45) is 0 Å². The number of rotatable bonds is 5. The zero-order chi connectivity index (χ0) is 9.56. The van der Waals surface area contributed by atoms with Gasteiger partial charge in [-0.25, -0.2) is 0 Å². The highest BCUT2D eigenvalue weighted by Gasteiger charge is 1.99. The molecule has 1 heteroatoms. The van der Waals surface area contributed by atoms with E-state index in [0.29, 0.717) is 0 Å². The molecule has 0 aliphatic carbocycles. The second kappa shape index (κ2) is 5.87. The van der Waals surface area contributed by atoms with E-state index in [1.807, 2.05) is 6.92 Å². The third kappa shape index (κ3) is 4.22. The Kier molecular flexibility index (Phi) is 5.52. The first kappa shape index (κ1) is 11.3. The third-order valence-electron chi connectivity index (χ3n) is 1.83. The highest BCUT2D eigenvalue weighted by atomic mass is 15.1. The van der Waals surface area contributed by atoms with Crippen molar-refractivity contribution >= 4 is 0 Å². The molecule has 0 saturated heterocycles. The predicted molar refractivity (Wildman–Crippen MR) is 56.1 cm³/mol. The second-order valence-electron chi connectivity index (χ2n) is 3.21. The molecule has 0 radical (unpaired) electrons. The smallest absolute Gasteiger partial charge is 0.0172 e. The summed E-state index contributed by atoms with van der Waals surface area (Å²) in [6, 6.07) is 0. The first-order valence-electron chi connectivity index (χ1n) is 4.70. The van der Waals surface area contributed by atoms with E-state index in [0.717, 1.165) is 18.7 Å². The fourth-order valence-electron chi connectivity index (χ4n) is 1.30. The van der Waals surface area contributed by atoms with Crippen LogP contribution in [0.4, 0.5) is 0 Å². The van der Waals surface area contributed by atoms with Crippen molar-refractivity contribution in [2.75, 3.05) is 13.1 Å². The Labute approximate surface area is 76.8 Å². The molecular formula is C11H21N. The Morgan fingerprint density at radius 3 is 2.25 bits per heavy atom. The lowest BCUT2D eigenvalue weighted by Gasteiger charge is -2.23. The largest absolute Gasteiger partial charge is 0.375 e. The third-order valence-corrected chi connectivity index (χ3v) is 1.83. The lowest BCUT2D eigenvalue weighted by atomic mass is 10.2. The molecule has 0 aliphatic heterocycles. The van der Waals surface area contributed by atoms with Crippen molar-refractivity contribution in [3.05, 3.63) is 23.9 Å². The summed E-state index contributed by atoms with van der Waals surface area (Å²) in [4.78, 5) is 2.37. The van der Waals surface area contributed by atoms with Crippen LogP contribution in [0.25, 0.3) is 0 Å². The van der Waals surface area contributed by atoms with Crippen LogP contribution < -0.4 is 0 Å². The fraction of sp³-hybridized carbons (Fsp3) is 0.636. The van der Waals surface area contributed by atoms with Crippen molar-refractivity contribution in [3.63, 3.8) is 0 Å². The quantitative estimate of drug-likeness (QED) is 0.568. The Morgan fingerprint density at radius 2 is 1.92 bits per heavy atom. The monoisotopic (exact) mass is 167 g/mol. The minimum atomic E-state index is 1.09. The Balaban J connectivity index is 4.19. The number of nitrogens with zero attached hydrogens (tertiary/aromatic N) is 1. The van der Waals surface area contributed by atoms with Gasteiger partial charge in [-0.2, -0.15) is 0 Å². The highest BCUT2D eigenvalue weighted by Crippen LogP contribution is 2.06. The molecule has 0 heterocycles. The summed E-state index contributed by atoms with van der Waals surface area (Å²) in [6.45, 7) is 14.7. The molecule has 0 fully saturated rings. The van der Waals surface area contributed by atoms with Crippen LogP contribution in [-0.2, 0) is 0 Å². The lowest BCUT2D eigenvalue weighted by Crippen LogP contribution is -2.21. The normalized spacial score (nSPS) is 11.5. The summed E-state index contributed by atoms with van der Waals surface area (Å²) in [5, 5.41) is 0. The summed E-state index contributed by atoms with van der Waals surface area (Å²) in [5.74, 6) is 0. The Morgan fingerprint density at radius 1 is 1.33 bits per heavy atom. The maximum Gasteiger partial charge on any atom is 0.0172 e. The summed E-state index contributed by atoms with van der Waals surface area (Å²) < 4.78 is 0. The molecule has 1 nitrogen and oxygen atoms in total. The van der Waals surface area contributed by atoms with Gasteiger partial charge in [0.1, 0.15) is 0 Å². The van der Waals surface area contributed by atoms with Crippen LogP contribution in [0.15, 0.2) is 23.9 Å². The molecule has 0 atom stereocenters. The van der Waals surface area contributed by atoms with Crippen molar-refractivity contribution in [3.8, 4) is 0 Å². The maximum absolute atomic E-state index is 3.87. The van der Waals surface area contributed by atoms with Gasteiger partial charge >= 0.3 is 0 Å². The summed E-state index contributed by atoms with van der Waals surface area (Å²) in [6.07, 6.45) is 3.34. The lowest BCUT2D eigenvalue weighted by molar-refractivity contribution is 0.363. The van der Waals surface area contributed by atoms with Crippen LogP contribution in [0, 0.1) is 0 Å². The molecule has 0 aliphatic rings. The van der Waals surface area contributed by atoms with Gasteiger partial charge in [0.15, 0.2) is 0 Å². The van der Waals surface area contributed by atoms with E-state index in [1.165, 1.54) is 12.1 Å². The molecule has 0 spiro atoms. The van der Waals surface area contributed by atoms with Gasteiger partial charge in [-0.1, -0.05) is 19.1 Å². The van der Waals surface area contributed by atoms with Gasteiger partial charge in [-0.05, 0) is 33.3 Å². The van der Waals surface area contributed by atoms with Crippen LogP contribution in [0.3, 0.4) is 0 Å². The van der Waals surface area contributed by atoms with E-state index in [4.69, 9.17) is 0 Å². The van der Waals surface area contributed by atoms with E-state index < -0.39 is 0 Å². The minimum Gasteiger partial charge on any atom is -0.375 e.